The van der Waals surface area contributed by atoms with Gasteiger partial charge in [0.15, 0.2) is 0 Å². The number of rotatable bonds is 7. The minimum Gasteiger partial charge on any atom is -0.497 e. The molecule has 0 radical (unpaired) electrons. The third-order valence-corrected chi connectivity index (χ3v) is 5.67. The van der Waals surface area contributed by atoms with Gasteiger partial charge in [-0.2, -0.15) is 0 Å². The van der Waals surface area contributed by atoms with Crippen LogP contribution in [0.15, 0.2) is 77.7 Å². The number of hydrogen-bond donors (Lipinski definition) is 2. The fourth-order valence-corrected chi connectivity index (χ4v) is 3.75. The molecule has 0 atom stereocenters. The SMILES string of the molecule is COc1ccc(NS(=O)(=O)c2ccc(NC(=O)Cc3ccc(C)cc3)cc2)cc1. The van der Waals surface area contributed by atoms with Gasteiger partial charge in [0.05, 0.1) is 18.4 Å². The van der Waals surface area contributed by atoms with Crippen molar-refractivity contribution < 1.29 is 17.9 Å². The van der Waals surface area contributed by atoms with Gasteiger partial charge in [-0.05, 0) is 61.0 Å². The molecule has 0 unspecified atom stereocenters. The lowest BCUT2D eigenvalue weighted by Gasteiger charge is -2.10. The van der Waals surface area contributed by atoms with Crippen molar-refractivity contribution in [2.24, 2.45) is 0 Å². The smallest absolute Gasteiger partial charge is 0.261 e. The van der Waals surface area contributed by atoms with Crippen LogP contribution in [-0.4, -0.2) is 21.4 Å². The molecule has 2 N–H and O–H groups in total. The van der Waals surface area contributed by atoms with E-state index < -0.39 is 10.0 Å². The van der Waals surface area contributed by atoms with Gasteiger partial charge < -0.3 is 10.1 Å². The molecular weight excluding hydrogens is 388 g/mol. The molecular formula is C22H22N2O4S. The molecule has 1 amide bonds. The lowest BCUT2D eigenvalue weighted by atomic mass is 10.1. The topological polar surface area (TPSA) is 84.5 Å². The van der Waals surface area contributed by atoms with Crippen molar-refractivity contribution in [3.8, 4) is 5.75 Å². The van der Waals surface area contributed by atoms with Crippen LogP contribution < -0.4 is 14.8 Å². The predicted molar refractivity (Wildman–Crippen MR) is 114 cm³/mol. The van der Waals surface area contributed by atoms with Crippen LogP contribution in [0, 0.1) is 6.92 Å². The highest BCUT2D eigenvalue weighted by molar-refractivity contribution is 7.92. The molecule has 0 aliphatic carbocycles. The standard InChI is InChI=1S/C22H22N2O4S/c1-16-3-5-17(6-4-16)15-22(25)23-18-9-13-21(14-10-18)29(26,27)24-19-7-11-20(28-2)12-8-19/h3-14,24H,15H2,1-2H3,(H,23,25). The number of benzene rings is 3. The molecule has 0 spiro atoms. The van der Waals surface area contributed by atoms with Crippen molar-refractivity contribution in [1.29, 1.82) is 0 Å². The summed E-state index contributed by atoms with van der Waals surface area (Å²) in [6, 6.07) is 20.4. The lowest BCUT2D eigenvalue weighted by molar-refractivity contribution is -0.115. The molecule has 0 saturated heterocycles. The van der Waals surface area contributed by atoms with Crippen LogP contribution in [0.25, 0.3) is 0 Å². The Morgan fingerprint density at radius 2 is 1.45 bits per heavy atom. The van der Waals surface area contributed by atoms with Crippen LogP contribution in [0.1, 0.15) is 11.1 Å². The number of carbonyl (C=O) groups is 1. The van der Waals surface area contributed by atoms with Crippen molar-refractivity contribution >= 4 is 27.3 Å². The fraction of sp³-hybridized carbons (Fsp3) is 0.136. The first-order chi connectivity index (χ1) is 13.9. The monoisotopic (exact) mass is 410 g/mol. The van der Waals surface area contributed by atoms with Crippen molar-refractivity contribution in [3.05, 3.63) is 83.9 Å². The van der Waals surface area contributed by atoms with E-state index >= 15 is 0 Å². The van der Waals surface area contributed by atoms with E-state index in [1.165, 1.54) is 12.1 Å². The molecule has 0 aliphatic heterocycles. The van der Waals surface area contributed by atoms with Crippen molar-refractivity contribution in [1.82, 2.24) is 0 Å². The number of carbonyl (C=O) groups excluding carboxylic acids is 1. The summed E-state index contributed by atoms with van der Waals surface area (Å²) in [7, 11) is -2.19. The molecule has 0 heterocycles. The maximum absolute atomic E-state index is 12.5. The molecule has 3 rings (SSSR count). The molecule has 0 aliphatic rings. The molecule has 0 saturated carbocycles. The summed E-state index contributed by atoms with van der Waals surface area (Å²) in [5, 5.41) is 2.78. The van der Waals surface area contributed by atoms with E-state index in [1.54, 1.807) is 43.5 Å². The third kappa shape index (κ3) is 5.58. The molecule has 3 aromatic carbocycles. The van der Waals surface area contributed by atoms with Crippen molar-refractivity contribution in [3.63, 3.8) is 0 Å². The first kappa shape index (κ1) is 20.4. The highest BCUT2D eigenvalue weighted by Gasteiger charge is 2.14. The van der Waals surface area contributed by atoms with E-state index in [4.69, 9.17) is 4.74 Å². The van der Waals surface area contributed by atoms with Crippen LogP contribution >= 0.6 is 0 Å². The van der Waals surface area contributed by atoms with E-state index in [0.29, 0.717) is 17.1 Å². The summed E-state index contributed by atoms with van der Waals surface area (Å²) in [6.07, 6.45) is 0.249. The number of nitrogens with one attached hydrogen (secondary N) is 2. The number of methoxy groups -OCH3 is 1. The molecule has 0 fully saturated rings. The average molecular weight is 410 g/mol. The van der Waals surface area contributed by atoms with Crippen molar-refractivity contribution in [2.75, 3.05) is 17.1 Å². The Morgan fingerprint density at radius 3 is 2.03 bits per heavy atom. The van der Waals surface area contributed by atoms with Gasteiger partial charge in [0.2, 0.25) is 5.91 Å². The summed E-state index contributed by atoms with van der Waals surface area (Å²) in [4.78, 5) is 12.3. The van der Waals surface area contributed by atoms with Crippen LogP contribution in [0.5, 0.6) is 5.75 Å². The first-order valence-electron chi connectivity index (χ1n) is 8.98. The Morgan fingerprint density at radius 1 is 0.862 bits per heavy atom. The van der Waals surface area contributed by atoms with E-state index in [-0.39, 0.29) is 17.2 Å². The molecule has 6 nitrogen and oxygen atoms in total. The first-order valence-corrected chi connectivity index (χ1v) is 10.5. The quantitative estimate of drug-likeness (QED) is 0.617. The van der Waals surface area contributed by atoms with Gasteiger partial charge >= 0.3 is 0 Å². The van der Waals surface area contributed by atoms with Crippen LogP contribution in [0.2, 0.25) is 0 Å². The number of hydrogen-bond acceptors (Lipinski definition) is 4. The highest BCUT2D eigenvalue weighted by atomic mass is 32.2. The summed E-state index contributed by atoms with van der Waals surface area (Å²) in [6.45, 7) is 1.99. The van der Waals surface area contributed by atoms with Gasteiger partial charge in [0.1, 0.15) is 5.75 Å². The van der Waals surface area contributed by atoms with Gasteiger partial charge in [-0.15, -0.1) is 0 Å². The second kappa shape index (κ2) is 8.79. The maximum Gasteiger partial charge on any atom is 0.261 e. The molecule has 3 aromatic rings. The van der Waals surface area contributed by atoms with Crippen LogP contribution in [0.4, 0.5) is 11.4 Å². The fourth-order valence-electron chi connectivity index (χ4n) is 2.69. The average Bonchev–Trinajstić information content (AvgIpc) is 2.70. The Hall–Kier alpha value is -3.32. The minimum absolute atomic E-state index is 0.102. The normalized spacial score (nSPS) is 11.0. The second-order valence-corrected chi connectivity index (χ2v) is 8.25. The molecule has 29 heavy (non-hydrogen) atoms. The zero-order chi connectivity index (χ0) is 20.9. The number of aryl methyl sites for hydroxylation is 1. The maximum atomic E-state index is 12.5. The highest BCUT2D eigenvalue weighted by Crippen LogP contribution is 2.20. The lowest BCUT2D eigenvalue weighted by Crippen LogP contribution is -2.15. The Kier molecular flexibility index (Phi) is 6.19. The summed E-state index contributed by atoms with van der Waals surface area (Å²) in [5.74, 6) is 0.472. The van der Waals surface area contributed by atoms with Crippen LogP contribution in [0.3, 0.4) is 0 Å². The van der Waals surface area contributed by atoms with Gasteiger partial charge in [0, 0.05) is 11.4 Å². The summed E-state index contributed by atoms with van der Waals surface area (Å²) >= 11 is 0. The van der Waals surface area contributed by atoms with E-state index in [2.05, 4.69) is 10.0 Å². The van der Waals surface area contributed by atoms with E-state index in [1.807, 2.05) is 31.2 Å². The molecule has 7 heteroatoms. The van der Waals surface area contributed by atoms with Crippen LogP contribution in [-0.2, 0) is 21.2 Å². The van der Waals surface area contributed by atoms with Crippen molar-refractivity contribution in [2.45, 2.75) is 18.2 Å². The predicted octanol–water partition coefficient (Wildman–Crippen LogP) is 3.99. The molecule has 0 bridgehead atoms. The zero-order valence-electron chi connectivity index (χ0n) is 16.2. The summed E-state index contributed by atoms with van der Waals surface area (Å²) < 4.78 is 32.6. The number of amides is 1. The van der Waals surface area contributed by atoms with E-state index in [9.17, 15) is 13.2 Å². The molecule has 0 aromatic heterocycles. The number of ether oxygens (including phenoxy) is 1. The Balaban J connectivity index is 1.63. The second-order valence-electron chi connectivity index (χ2n) is 6.57. The number of anilines is 2. The Labute approximate surface area is 170 Å². The van der Waals surface area contributed by atoms with Gasteiger partial charge in [0.25, 0.3) is 10.0 Å². The minimum atomic E-state index is -3.73. The zero-order valence-corrected chi connectivity index (χ0v) is 17.0. The Bertz CT molecular complexity index is 1080. The van der Waals surface area contributed by atoms with Gasteiger partial charge in [-0.25, -0.2) is 8.42 Å². The summed E-state index contributed by atoms with van der Waals surface area (Å²) in [5.41, 5.74) is 3.01. The largest absolute Gasteiger partial charge is 0.497 e. The van der Waals surface area contributed by atoms with Gasteiger partial charge in [-0.1, -0.05) is 29.8 Å². The molecule has 150 valence electrons. The van der Waals surface area contributed by atoms with E-state index in [0.717, 1.165) is 11.1 Å². The third-order valence-electron chi connectivity index (χ3n) is 4.28. The van der Waals surface area contributed by atoms with Gasteiger partial charge in [-0.3, -0.25) is 9.52 Å². The number of sulfonamides is 1.